The number of nitrogens with one attached hydrogen (secondary N) is 1. The number of hydrogen-bond acceptors (Lipinski definition) is 1. The van der Waals surface area contributed by atoms with Gasteiger partial charge >= 0.3 is 0 Å². The van der Waals surface area contributed by atoms with Crippen molar-refractivity contribution < 1.29 is 0 Å². The molecule has 21 heavy (non-hydrogen) atoms. The van der Waals surface area contributed by atoms with Gasteiger partial charge in [0.05, 0.1) is 5.69 Å². The van der Waals surface area contributed by atoms with E-state index >= 15 is 0 Å². The first-order valence-electron chi connectivity index (χ1n) is 7.39. The van der Waals surface area contributed by atoms with Gasteiger partial charge in [-0.2, -0.15) is 0 Å². The van der Waals surface area contributed by atoms with Crippen LogP contribution in [0, 0.1) is 13.8 Å². The van der Waals surface area contributed by atoms with Gasteiger partial charge in [0.15, 0.2) is 0 Å². The highest BCUT2D eigenvalue weighted by Gasteiger charge is 2.06. The molecule has 0 aliphatic heterocycles. The quantitative estimate of drug-likeness (QED) is 0.748. The average molecular weight is 276 g/mol. The molecule has 0 aliphatic rings. The zero-order chi connectivity index (χ0) is 14.7. The minimum Gasteiger partial charge on any atom is -0.342 e. The van der Waals surface area contributed by atoms with E-state index in [9.17, 15) is 0 Å². The number of aromatic amines is 1. The van der Waals surface area contributed by atoms with Crippen molar-refractivity contribution >= 4 is 0 Å². The fourth-order valence-electron chi connectivity index (χ4n) is 2.49. The zero-order valence-corrected chi connectivity index (χ0v) is 12.6. The Bertz CT molecular complexity index is 707. The lowest BCUT2D eigenvalue weighted by Gasteiger charge is -2.04. The molecule has 0 atom stereocenters. The molecular formula is C19H20N2. The van der Waals surface area contributed by atoms with Crippen LogP contribution in [0.25, 0.3) is 11.4 Å². The van der Waals surface area contributed by atoms with Gasteiger partial charge in [-0.1, -0.05) is 48.5 Å². The molecule has 2 nitrogen and oxygen atoms in total. The molecule has 3 aromatic rings. The fraction of sp³-hybridized carbons (Fsp3) is 0.211. The van der Waals surface area contributed by atoms with Crippen LogP contribution in [0.2, 0.25) is 0 Å². The Balaban J connectivity index is 1.77. The Hall–Kier alpha value is -2.35. The van der Waals surface area contributed by atoms with Crippen molar-refractivity contribution in [2.75, 3.05) is 0 Å². The van der Waals surface area contributed by atoms with E-state index in [1.165, 1.54) is 11.1 Å². The highest BCUT2D eigenvalue weighted by Crippen LogP contribution is 2.20. The molecule has 0 aliphatic carbocycles. The van der Waals surface area contributed by atoms with Crippen LogP contribution in [0.5, 0.6) is 0 Å². The van der Waals surface area contributed by atoms with E-state index in [1.807, 2.05) is 6.92 Å². The first kappa shape index (κ1) is 13.6. The lowest BCUT2D eigenvalue weighted by molar-refractivity contribution is 0.960. The summed E-state index contributed by atoms with van der Waals surface area (Å²) in [7, 11) is 0. The molecule has 0 amide bonds. The zero-order valence-electron chi connectivity index (χ0n) is 12.6. The Morgan fingerprint density at radius 2 is 1.57 bits per heavy atom. The minimum atomic E-state index is 0.964. The first-order valence-corrected chi connectivity index (χ1v) is 7.39. The highest BCUT2D eigenvalue weighted by molar-refractivity contribution is 5.57. The molecule has 0 unspecified atom stereocenters. The van der Waals surface area contributed by atoms with Crippen molar-refractivity contribution in [1.82, 2.24) is 9.97 Å². The van der Waals surface area contributed by atoms with E-state index in [2.05, 4.69) is 71.5 Å². The van der Waals surface area contributed by atoms with E-state index in [0.717, 1.165) is 35.6 Å². The van der Waals surface area contributed by atoms with Crippen molar-refractivity contribution in [2.24, 2.45) is 0 Å². The van der Waals surface area contributed by atoms with Gasteiger partial charge in [-0.25, -0.2) is 4.98 Å². The van der Waals surface area contributed by atoms with Crippen LogP contribution in [-0.2, 0) is 12.8 Å². The van der Waals surface area contributed by atoms with Crippen LogP contribution in [0.3, 0.4) is 0 Å². The van der Waals surface area contributed by atoms with Crippen LogP contribution >= 0.6 is 0 Å². The number of benzene rings is 2. The highest BCUT2D eigenvalue weighted by atomic mass is 14.9. The van der Waals surface area contributed by atoms with E-state index in [1.54, 1.807) is 0 Å². The number of rotatable bonds is 4. The maximum Gasteiger partial charge on any atom is 0.137 e. The minimum absolute atomic E-state index is 0.964. The van der Waals surface area contributed by atoms with Gasteiger partial charge in [-0.3, -0.25) is 0 Å². The molecule has 2 heteroatoms. The third kappa shape index (κ3) is 3.22. The summed E-state index contributed by atoms with van der Waals surface area (Å²) in [5, 5.41) is 0. The summed E-state index contributed by atoms with van der Waals surface area (Å²) in [5.74, 6) is 0.964. The summed E-state index contributed by atoms with van der Waals surface area (Å²) in [5.41, 5.74) is 6.10. The summed E-state index contributed by atoms with van der Waals surface area (Å²) in [6.07, 6.45) is 2.12. The van der Waals surface area contributed by atoms with Gasteiger partial charge in [0.2, 0.25) is 0 Å². The number of nitrogens with zero attached hydrogens (tertiary/aromatic N) is 1. The third-order valence-corrected chi connectivity index (χ3v) is 3.87. The number of H-pyrrole nitrogens is 1. The predicted octanol–water partition coefficient (Wildman–Crippen LogP) is 4.48. The second kappa shape index (κ2) is 5.96. The van der Waals surface area contributed by atoms with Crippen molar-refractivity contribution in [3.63, 3.8) is 0 Å². The maximum absolute atomic E-state index is 4.58. The molecule has 1 heterocycles. The molecule has 0 saturated carbocycles. The van der Waals surface area contributed by atoms with E-state index in [0.29, 0.717) is 0 Å². The van der Waals surface area contributed by atoms with Crippen molar-refractivity contribution in [1.29, 1.82) is 0 Å². The van der Waals surface area contributed by atoms with Gasteiger partial charge in [0.1, 0.15) is 5.82 Å². The summed E-state index contributed by atoms with van der Waals surface area (Å²) in [6, 6.07) is 19.3. The maximum atomic E-state index is 4.58. The number of aryl methyl sites for hydroxylation is 4. The van der Waals surface area contributed by atoms with Crippen LogP contribution in [0.1, 0.15) is 22.5 Å². The van der Waals surface area contributed by atoms with Gasteiger partial charge in [-0.05, 0) is 43.9 Å². The third-order valence-electron chi connectivity index (χ3n) is 3.87. The lowest BCUT2D eigenvalue weighted by Crippen LogP contribution is -1.92. The SMILES string of the molecule is Cc1nc(-c2cccc(CCc3ccccc3)c2)[nH]c1C. The molecule has 1 N–H and O–H groups in total. The van der Waals surface area contributed by atoms with Crippen LogP contribution in [0.4, 0.5) is 0 Å². The summed E-state index contributed by atoms with van der Waals surface area (Å²) in [4.78, 5) is 7.93. The Morgan fingerprint density at radius 1 is 0.857 bits per heavy atom. The van der Waals surface area contributed by atoms with Crippen molar-refractivity contribution in [3.05, 3.63) is 77.1 Å². The Labute approximate surface area is 125 Å². The molecule has 0 spiro atoms. The largest absolute Gasteiger partial charge is 0.342 e. The Kier molecular flexibility index (Phi) is 3.87. The molecule has 106 valence electrons. The summed E-state index contributed by atoms with van der Waals surface area (Å²) < 4.78 is 0. The molecular weight excluding hydrogens is 256 g/mol. The fourth-order valence-corrected chi connectivity index (χ4v) is 2.49. The second-order valence-electron chi connectivity index (χ2n) is 5.48. The van der Waals surface area contributed by atoms with Crippen molar-refractivity contribution in [3.8, 4) is 11.4 Å². The first-order chi connectivity index (χ1) is 10.2. The Morgan fingerprint density at radius 3 is 2.29 bits per heavy atom. The monoisotopic (exact) mass is 276 g/mol. The number of imidazole rings is 1. The summed E-state index contributed by atoms with van der Waals surface area (Å²) in [6.45, 7) is 4.10. The van der Waals surface area contributed by atoms with E-state index < -0.39 is 0 Å². The number of hydrogen-bond donors (Lipinski definition) is 1. The molecule has 0 saturated heterocycles. The molecule has 2 aromatic carbocycles. The van der Waals surface area contributed by atoms with Crippen LogP contribution in [0.15, 0.2) is 54.6 Å². The van der Waals surface area contributed by atoms with E-state index in [4.69, 9.17) is 0 Å². The average Bonchev–Trinajstić information content (AvgIpc) is 2.86. The topological polar surface area (TPSA) is 28.7 Å². The standard InChI is InChI=1S/C19H20N2/c1-14-15(2)21-19(20-14)18-10-6-9-17(13-18)12-11-16-7-4-3-5-8-16/h3-10,13H,11-12H2,1-2H3,(H,20,21). The molecule has 1 aromatic heterocycles. The predicted molar refractivity (Wildman–Crippen MR) is 87.3 cm³/mol. The lowest BCUT2D eigenvalue weighted by atomic mass is 10.0. The van der Waals surface area contributed by atoms with Crippen LogP contribution in [-0.4, -0.2) is 9.97 Å². The molecule has 3 rings (SSSR count). The molecule has 0 radical (unpaired) electrons. The second-order valence-corrected chi connectivity index (χ2v) is 5.48. The van der Waals surface area contributed by atoms with Crippen molar-refractivity contribution in [2.45, 2.75) is 26.7 Å². The normalized spacial score (nSPS) is 10.8. The summed E-state index contributed by atoms with van der Waals surface area (Å²) >= 11 is 0. The number of aromatic nitrogens is 2. The van der Waals surface area contributed by atoms with E-state index in [-0.39, 0.29) is 0 Å². The molecule has 0 bridgehead atoms. The van der Waals surface area contributed by atoms with Gasteiger partial charge < -0.3 is 4.98 Å². The van der Waals surface area contributed by atoms with Gasteiger partial charge in [0.25, 0.3) is 0 Å². The van der Waals surface area contributed by atoms with Gasteiger partial charge in [-0.15, -0.1) is 0 Å². The van der Waals surface area contributed by atoms with Crippen LogP contribution < -0.4 is 0 Å². The smallest absolute Gasteiger partial charge is 0.137 e. The molecule has 0 fully saturated rings. The van der Waals surface area contributed by atoms with Gasteiger partial charge in [0, 0.05) is 11.3 Å².